The summed E-state index contributed by atoms with van der Waals surface area (Å²) in [4.78, 5) is 26.8. The molecule has 3 rings (SSSR count). The smallest absolute Gasteiger partial charge is 0.262 e. The van der Waals surface area contributed by atoms with Gasteiger partial charge in [0.2, 0.25) is 5.91 Å². The molecule has 1 atom stereocenters. The van der Waals surface area contributed by atoms with Gasteiger partial charge in [0.1, 0.15) is 6.04 Å². The first kappa shape index (κ1) is 28.2. The zero-order chi connectivity index (χ0) is 27.5. The van der Waals surface area contributed by atoms with E-state index < -0.39 is 16.1 Å². The van der Waals surface area contributed by atoms with Gasteiger partial charge in [0.05, 0.1) is 4.90 Å². The second-order valence-corrected chi connectivity index (χ2v) is 11.6. The van der Waals surface area contributed by atoms with E-state index in [1.165, 1.54) is 4.90 Å². The predicted molar refractivity (Wildman–Crippen MR) is 148 cm³/mol. The molecule has 3 aromatic rings. The highest BCUT2D eigenvalue weighted by Gasteiger charge is 2.26. The molecule has 2 amide bonds. The maximum Gasteiger partial charge on any atom is 0.262 e. The van der Waals surface area contributed by atoms with Gasteiger partial charge >= 0.3 is 0 Å². The molecule has 0 fully saturated rings. The third kappa shape index (κ3) is 6.70. The summed E-state index contributed by atoms with van der Waals surface area (Å²) in [6, 6.07) is 16.5. The van der Waals surface area contributed by atoms with Crippen LogP contribution in [-0.2, 0) is 14.8 Å². The quantitative estimate of drug-likeness (QED) is 0.406. The van der Waals surface area contributed by atoms with Crippen molar-refractivity contribution in [3.05, 3.63) is 82.4 Å². The number of benzene rings is 3. The van der Waals surface area contributed by atoms with Crippen molar-refractivity contribution in [3.8, 4) is 11.1 Å². The molecule has 7 nitrogen and oxygen atoms in total. The standard InChI is InChI=1S/C28H32ClN3O4S/c1-17(2)26(28(34)32(5)6)30-27(33)21-12-10-20(11-13-21)22-8-7-9-23(16-22)31-37(35,36)25-15-18(3)24(29)14-19(25)4/h7-17,26,31H,1-6H3,(H,30,33)/t26-/m0/s1. The van der Waals surface area contributed by atoms with E-state index in [4.69, 9.17) is 11.6 Å². The molecule has 9 heteroatoms. The molecule has 2 N–H and O–H groups in total. The molecule has 196 valence electrons. The first-order valence-electron chi connectivity index (χ1n) is 11.8. The van der Waals surface area contributed by atoms with Crippen LogP contribution < -0.4 is 10.0 Å². The Balaban J connectivity index is 1.80. The van der Waals surface area contributed by atoms with Crippen LogP contribution in [0.5, 0.6) is 0 Å². The normalized spacial score (nSPS) is 12.2. The Morgan fingerprint density at radius 2 is 1.54 bits per heavy atom. The molecule has 0 aromatic heterocycles. The van der Waals surface area contributed by atoms with E-state index in [0.29, 0.717) is 27.4 Å². The molecule has 3 aromatic carbocycles. The van der Waals surface area contributed by atoms with Gasteiger partial charge in [0.15, 0.2) is 0 Å². The maximum absolute atomic E-state index is 13.1. The number of rotatable bonds is 8. The lowest BCUT2D eigenvalue weighted by Gasteiger charge is -2.24. The van der Waals surface area contributed by atoms with E-state index in [0.717, 1.165) is 11.1 Å². The van der Waals surface area contributed by atoms with Gasteiger partial charge in [-0.15, -0.1) is 0 Å². The number of carbonyl (C=O) groups is 2. The van der Waals surface area contributed by atoms with Crippen LogP contribution in [0.1, 0.15) is 35.3 Å². The van der Waals surface area contributed by atoms with Crippen molar-refractivity contribution in [1.29, 1.82) is 0 Å². The molecule has 0 saturated carbocycles. The molecular weight excluding hydrogens is 510 g/mol. The number of nitrogens with zero attached hydrogens (tertiary/aromatic N) is 1. The van der Waals surface area contributed by atoms with E-state index in [2.05, 4.69) is 10.0 Å². The lowest BCUT2D eigenvalue weighted by atomic mass is 10.0. The number of halogens is 1. The van der Waals surface area contributed by atoms with E-state index >= 15 is 0 Å². The Morgan fingerprint density at radius 3 is 2.14 bits per heavy atom. The Kier molecular flexibility index (Phi) is 8.66. The number of amides is 2. The van der Waals surface area contributed by atoms with Gasteiger partial charge in [0.25, 0.3) is 15.9 Å². The lowest BCUT2D eigenvalue weighted by Crippen LogP contribution is -2.49. The molecule has 0 unspecified atom stereocenters. The summed E-state index contributed by atoms with van der Waals surface area (Å²) in [7, 11) is -0.510. The molecule has 37 heavy (non-hydrogen) atoms. The fourth-order valence-corrected chi connectivity index (χ4v) is 5.43. The summed E-state index contributed by atoms with van der Waals surface area (Å²) >= 11 is 6.12. The van der Waals surface area contributed by atoms with Gasteiger partial charge in [-0.2, -0.15) is 0 Å². The molecule has 0 spiro atoms. The maximum atomic E-state index is 13.1. The largest absolute Gasteiger partial charge is 0.347 e. The summed E-state index contributed by atoms with van der Waals surface area (Å²) in [5.41, 5.74) is 3.65. The first-order valence-corrected chi connectivity index (χ1v) is 13.7. The van der Waals surface area contributed by atoms with Crippen LogP contribution in [0.4, 0.5) is 5.69 Å². The topological polar surface area (TPSA) is 95.6 Å². The third-order valence-corrected chi connectivity index (χ3v) is 7.93. The molecular formula is C28H32ClN3O4S. The zero-order valence-electron chi connectivity index (χ0n) is 21.8. The summed E-state index contributed by atoms with van der Waals surface area (Å²) in [6.45, 7) is 7.22. The lowest BCUT2D eigenvalue weighted by molar-refractivity contribution is -0.131. The monoisotopic (exact) mass is 541 g/mol. The highest BCUT2D eigenvalue weighted by atomic mass is 35.5. The molecule has 0 radical (unpaired) electrons. The fraction of sp³-hybridized carbons (Fsp3) is 0.286. The number of anilines is 1. The van der Waals surface area contributed by atoms with Crippen molar-refractivity contribution < 1.29 is 18.0 Å². The second-order valence-electron chi connectivity index (χ2n) is 9.56. The van der Waals surface area contributed by atoms with Crippen LogP contribution in [0, 0.1) is 19.8 Å². The first-order chi connectivity index (χ1) is 17.3. The highest BCUT2D eigenvalue weighted by Crippen LogP contribution is 2.28. The molecule has 0 bridgehead atoms. The summed E-state index contributed by atoms with van der Waals surface area (Å²) in [6.07, 6.45) is 0. The summed E-state index contributed by atoms with van der Waals surface area (Å²) in [5, 5.41) is 3.33. The summed E-state index contributed by atoms with van der Waals surface area (Å²) < 4.78 is 28.7. The Morgan fingerprint density at radius 1 is 0.892 bits per heavy atom. The Labute approximate surface area is 223 Å². The van der Waals surface area contributed by atoms with Crippen LogP contribution in [0.3, 0.4) is 0 Å². The van der Waals surface area contributed by atoms with Crippen LogP contribution in [0.2, 0.25) is 5.02 Å². The number of sulfonamides is 1. The SMILES string of the molecule is Cc1cc(S(=O)(=O)Nc2cccc(-c3ccc(C(=O)N[C@H](C(=O)N(C)C)C(C)C)cc3)c2)c(C)cc1Cl. The molecule has 0 heterocycles. The van der Waals surface area contributed by atoms with E-state index in [1.54, 1.807) is 82.5 Å². The number of aryl methyl sites for hydroxylation is 2. The van der Waals surface area contributed by atoms with E-state index in [1.807, 2.05) is 19.9 Å². The second kappa shape index (κ2) is 11.4. The van der Waals surface area contributed by atoms with Crippen molar-refractivity contribution in [2.24, 2.45) is 5.92 Å². The van der Waals surface area contributed by atoms with E-state index in [9.17, 15) is 18.0 Å². The van der Waals surface area contributed by atoms with Gasteiger partial charge in [0, 0.05) is 30.4 Å². The van der Waals surface area contributed by atoms with Gasteiger partial charge in [-0.3, -0.25) is 14.3 Å². The van der Waals surface area contributed by atoms with E-state index in [-0.39, 0.29) is 22.6 Å². The Hall–Kier alpha value is -3.36. The van der Waals surface area contributed by atoms with Crippen LogP contribution in [0.15, 0.2) is 65.6 Å². The van der Waals surface area contributed by atoms with Crippen LogP contribution in [0.25, 0.3) is 11.1 Å². The number of likely N-dealkylation sites (N-methyl/N-ethyl adjacent to an activating group) is 1. The fourth-order valence-electron chi connectivity index (χ4n) is 3.85. The number of carbonyl (C=O) groups excluding carboxylic acids is 2. The molecule has 0 aliphatic carbocycles. The van der Waals surface area contributed by atoms with Crippen molar-refractivity contribution >= 4 is 39.1 Å². The minimum Gasteiger partial charge on any atom is -0.347 e. The summed E-state index contributed by atoms with van der Waals surface area (Å²) in [5.74, 6) is -0.566. The van der Waals surface area contributed by atoms with Crippen molar-refractivity contribution in [3.63, 3.8) is 0 Å². The number of hydrogen-bond donors (Lipinski definition) is 2. The molecule has 0 aliphatic rings. The van der Waals surface area contributed by atoms with Crippen molar-refractivity contribution in [1.82, 2.24) is 10.2 Å². The van der Waals surface area contributed by atoms with Gasteiger partial charge in [-0.1, -0.05) is 49.7 Å². The van der Waals surface area contributed by atoms with Crippen LogP contribution in [-0.4, -0.2) is 45.3 Å². The van der Waals surface area contributed by atoms with Gasteiger partial charge in [-0.05, 0) is 78.4 Å². The van der Waals surface area contributed by atoms with Gasteiger partial charge in [-0.25, -0.2) is 8.42 Å². The van der Waals surface area contributed by atoms with Crippen LogP contribution >= 0.6 is 11.6 Å². The number of nitrogens with one attached hydrogen (secondary N) is 2. The average molecular weight is 542 g/mol. The minimum absolute atomic E-state index is 0.0646. The Bertz CT molecular complexity index is 1420. The number of hydrogen-bond acceptors (Lipinski definition) is 4. The molecule has 0 saturated heterocycles. The minimum atomic E-state index is -3.82. The third-order valence-electron chi connectivity index (χ3n) is 6.00. The zero-order valence-corrected chi connectivity index (χ0v) is 23.4. The van der Waals surface area contributed by atoms with Crippen molar-refractivity contribution in [2.45, 2.75) is 38.6 Å². The van der Waals surface area contributed by atoms with Gasteiger partial charge < -0.3 is 10.2 Å². The molecule has 0 aliphatic heterocycles. The highest BCUT2D eigenvalue weighted by molar-refractivity contribution is 7.92. The predicted octanol–water partition coefficient (Wildman–Crippen LogP) is 5.27. The van der Waals surface area contributed by atoms with Crippen molar-refractivity contribution in [2.75, 3.05) is 18.8 Å². The average Bonchev–Trinajstić information content (AvgIpc) is 2.83.